The highest BCUT2D eigenvalue weighted by Gasteiger charge is 2.19. The minimum absolute atomic E-state index is 0.536. The highest BCUT2D eigenvalue weighted by Crippen LogP contribution is 2.29. The molecule has 166 valence electrons. The maximum atomic E-state index is 4.32. The smallest absolute Gasteiger partial charge is 0.183 e. The Labute approximate surface area is 196 Å². The molecule has 0 N–H and O–H groups in total. The first kappa shape index (κ1) is 21.1. The summed E-state index contributed by atoms with van der Waals surface area (Å²) < 4.78 is 3.56. The lowest BCUT2D eigenvalue weighted by molar-refractivity contribution is 0.651. The van der Waals surface area contributed by atoms with Gasteiger partial charge < -0.3 is 0 Å². The van der Waals surface area contributed by atoms with E-state index in [-0.39, 0.29) is 0 Å². The fraction of sp³-hybridized carbons (Fsp3) is 0.0769. The van der Waals surface area contributed by atoms with Crippen molar-refractivity contribution in [3.05, 3.63) is 108 Å². The van der Waals surface area contributed by atoms with Crippen LogP contribution in [-0.2, 0) is 13.1 Å². The molecule has 0 aliphatic carbocycles. The molecule has 0 atom stereocenters. The molecule has 0 saturated carbocycles. The standard InChI is InChI=1S/C26H22N8/c1-3-19-9-13-21(14-10-19)17-33-25(27-29-31-33)23-7-5-6-8-24(23)26-28-30-32-34(26)18-22-15-11-20(4-2)12-16-22/h3-16H,1-2,17-18H2. The molecular formula is C26H22N8. The number of tetrazole rings is 2. The molecule has 3 aromatic carbocycles. The molecule has 0 radical (unpaired) electrons. The molecule has 0 fully saturated rings. The molecule has 0 aliphatic rings. The van der Waals surface area contributed by atoms with Gasteiger partial charge in [0.1, 0.15) is 0 Å². The molecule has 2 heterocycles. The van der Waals surface area contributed by atoms with Crippen LogP contribution in [0.25, 0.3) is 34.9 Å². The molecule has 0 amide bonds. The predicted molar refractivity (Wildman–Crippen MR) is 131 cm³/mol. The van der Waals surface area contributed by atoms with Crippen LogP contribution in [-0.4, -0.2) is 40.4 Å². The number of benzene rings is 3. The predicted octanol–water partition coefficient (Wildman–Crippen LogP) is 4.38. The molecule has 0 aliphatic heterocycles. The Morgan fingerprint density at radius 1 is 0.588 bits per heavy atom. The van der Waals surface area contributed by atoms with Gasteiger partial charge in [0.15, 0.2) is 11.6 Å². The van der Waals surface area contributed by atoms with Crippen LogP contribution in [0.15, 0.2) is 86.0 Å². The Bertz CT molecular complexity index is 1320. The Morgan fingerprint density at radius 2 is 1.00 bits per heavy atom. The van der Waals surface area contributed by atoms with Crippen molar-refractivity contribution in [2.24, 2.45) is 0 Å². The SMILES string of the molecule is C=Cc1ccc(Cn2nnnc2-c2ccccc2-c2nnnn2Cc2ccc(C=C)cc2)cc1. The summed E-state index contributed by atoms with van der Waals surface area (Å²) in [5, 5.41) is 25.0. The van der Waals surface area contributed by atoms with Gasteiger partial charge in [0.25, 0.3) is 0 Å². The van der Waals surface area contributed by atoms with E-state index >= 15 is 0 Å². The molecule has 2 aromatic heterocycles. The van der Waals surface area contributed by atoms with E-state index < -0.39 is 0 Å². The summed E-state index contributed by atoms with van der Waals surface area (Å²) in [6.07, 6.45) is 3.64. The van der Waals surface area contributed by atoms with E-state index in [0.29, 0.717) is 24.7 Å². The van der Waals surface area contributed by atoms with Crippen LogP contribution in [0.5, 0.6) is 0 Å². The average Bonchev–Trinajstić information content (AvgIpc) is 3.54. The van der Waals surface area contributed by atoms with Crippen molar-refractivity contribution >= 4 is 12.2 Å². The monoisotopic (exact) mass is 446 g/mol. The third-order valence-electron chi connectivity index (χ3n) is 5.57. The highest BCUT2D eigenvalue weighted by atomic mass is 15.6. The van der Waals surface area contributed by atoms with Crippen LogP contribution in [0.1, 0.15) is 22.3 Å². The number of rotatable bonds is 8. The average molecular weight is 447 g/mol. The summed E-state index contributed by atoms with van der Waals surface area (Å²) in [7, 11) is 0. The number of nitrogens with zero attached hydrogens (tertiary/aromatic N) is 8. The topological polar surface area (TPSA) is 87.2 Å². The van der Waals surface area contributed by atoms with E-state index in [1.165, 1.54) is 0 Å². The lowest BCUT2D eigenvalue weighted by atomic mass is 10.1. The molecule has 8 nitrogen and oxygen atoms in total. The van der Waals surface area contributed by atoms with Gasteiger partial charge >= 0.3 is 0 Å². The highest BCUT2D eigenvalue weighted by molar-refractivity contribution is 5.76. The molecule has 0 bridgehead atoms. The van der Waals surface area contributed by atoms with E-state index in [9.17, 15) is 0 Å². The summed E-state index contributed by atoms with van der Waals surface area (Å²) in [6.45, 7) is 8.68. The van der Waals surface area contributed by atoms with Gasteiger partial charge in [-0.25, -0.2) is 9.36 Å². The lowest BCUT2D eigenvalue weighted by Gasteiger charge is -2.11. The maximum Gasteiger partial charge on any atom is 0.183 e. The first-order chi connectivity index (χ1) is 16.7. The van der Waals surface area contributed by atoms with E-state index in [1.54, 1.807) is 9.36 Å². The molecule has 0 unspecified atom stereocenters. The molecule has 5 rings (SSSR count). The minimum Gasteiger partial charge on any atom is -0.221 e. The van der Waals surface area contributed by atoms with Gasteiger partial charge in [0.2, 0.25) is 0 Å². The zero-order chi connectivity index (χ0) is 23.3. The molecule has 0 spiro atoms. The van der Waals surface area contributed by atoms with E-state index in [1.807, 2.05) is 84.9 Å². The molecular weight excluding hydrogens is 424 g/mol. The first-order valence-electron chi connectivity index (χ1n) is 10.8. The second-order valence-corrected chi connectivity index (χ2v) is 7.76. The third kappa shape index (κ3) is 4.29. The van der Waals surface area contributed by atoms with Gasteiger partial charge in [-0.05, 0) is 43.1 Å². The summed E-state index contributed by atoms with van der Waals surface area (Å²) in [5.74, 6) is 1.29. The van der Waals surface area contributed by atoms with Crippen LogP contribution in [0.4, 0.5) is 0 Å². The van der Waals surface area contributed by atoms with Crippen LogP contribution >= 0.6 is 0 Å². The van der Waals surface area contributed by atoms with Gasteiger partial charge in [-0.1, -0.05) is 98.1 Å². The lowest BCUT2D eigenvalue weighted by Crippen LogP contribution is -2.07. The van der Waals surface area contributed by atoms with Gasteiger partial charge in [-0.15, -0.1) is 10.2 Å². The Balaban J connectivity index is 1.48. The maximum absolute atomic E-state index is 4.32. The van der Waals surface area contributed by atoms with Gasteiger partial charge in [0, 0.05) is 11.1 Å². The van der Waals surface area contributed by atoms with Gasteiger partial charge in [0.05, 0.1) is 13.1 Å². The second-order valence-electron chi connectivity index (χ2n) is 7.76. The minimum atomic E-state index is 0.536. The second kappa shape index (κ2) is 9.41. The molecule has 8 heteroatoms. The zero-order valence-corrected chi connectivity index (χ0v) is 18.5. The van der Waals surface area contributed by atoms with Crippen molar-refractivity contribution in [3.63, 3.8) is 0 Å². The van der Waals surface area contributed by atoms with Gasteiger partial charge in [-0.3, -0.25) is 0 Å². The summed E-state index contributed by atoms with van der Waals surface area (Å²) >= 11 is 0. The van der Waals surface area contributed by atoms with E-state index in [0.717, 1.165) is 33.4 Å². The van der Waals surface area contributed by atoms with Crippen LogP contribution in [0.2, 0.25) is 0 Å². The fourth-order valence-electron chi connectivity index (χ4n) is 3.75. The third-order valence-corrected chi connectivity index (χ3v) is 5.57. The Hall–Kier alpha value is -4.72. The van der Waals surface area contributed by atoms with Crippen LogP contribution in [0.3, 0.4) is 0 Å². The number of aromatic nitrogens is 8. The molecule has 5 aromatic rings. The zero-order valence-electron chi connectivity index (χ0n) is 18.5. The van der Waals surface area contributed by atoms with Crippen molar-refractivity contribution in [1.82, 2.24) is 40.4 Å². The Morgan fingerprint density at radius 3 is 1.38 bits per heavy atom. The summed E-state index contributed by atoms with van der Waals surface area (Å²) in [4.78, 5) is 0. The molecule has 0 saturated heterocycles. The number of hydrogen-bond acceptors (Lipinski definition) is 6. The van der Waals surface area contributed by atoms with Gasteiger partial charge in [-0.2, -0.15) is 0 Å². The quantitative estimate of drug-likeness (QED) is 0.352. The van der Waals surface area contributed by atoms with Crippen molar-refractivity contribution < 1.29 is 0 Å². The number of hydrogen-bond donors (Lipinski definition) is 0. The van der Waals surface area contributed by atoms with E-state index in [2.05, 4.69) is 44.2 Å². The molecule has 34 heavy (non-hydrogen) atoms. The normalized spacial score (nSPS) is 10.8. The van der Waals surface area contributed by atoms with E-state index in [4.69, 9.17) is 0 Å². The summed E-state index contributed by atoms with van der Waals surface area (Å²) in [6, 6.07) is 24.2. The first-order valence-corrected chi connectivity index (χ1v) is 10.8. The van der Waals surface area contributed by atoms with Crippen molar-refractivity contribution in [3.8, 4) is 22.8 Å². The van der Waals surface area contributed by atoms with Crippen molar-refractivity contribution in [2.75, 3.05) is 0 Å². The van der Waals surface area contributed by atoms with Crippen LogP contribution in [0, 0.1) is 0 Å². The van der Waals surface area contributed by atoms with Crippen molar-refractivity contribution in [1.29, 1.82) is 0 Å². The summed E-state index contributed by atoms with van der Waals surface area (Å²) in [5.41, 5.74) is 6.02. The van der Waals surface area contributed by atoms with Crippen molar-refractivity contribution in [2.45, 2.75) is 13.1 Å². The fourth-order valence-corrected chi connectivity index (χ4v) is 3.75. The Kier molecular flexibility index (Phi) is 5.85. The largest absolute Gasteiger partial charge is 0.221 e. The van der Waals surface area contributed by atoms with Crippen LogP contribution < -0.4 is 0 Å².